The fraction of sp³-hybridized carbons (Fsp3) is 0.391. The standard InChI is InChI=1S/C23H25BrO4S/c1-22(2)23(3,4)28-21(27-22)15-5-10-18-19(14-29-20(18)13-15)26-17-8-6-16(7-9-17)25-12-11-24/h5-10,13-14,21H,11-12H2,1-4H3. The first-order valence-electron chi connectivity index (χ1n) is 9.62. The van der Waals surface area contributed by atoms with E-state index in [1.807, 2.05) is 29.6 Å². The van der Waals surface area contributed by atoms with Crippen LogP contribution in [-0.2, 0) is 9.47 Å². The third-order valence-corrected chi connectivity index (χ3v) is 6.73. The van der Waals surface area contributed by atoms with Crippen molar-refractivity contribution in [3.63, 3.8) is 0 Å². The van der Waals surface area contributed by atoms with Crippen LogP contribution < -0.4 is 9.47 Å². The Bertz CT molecular complexity index is 978. The van der Waals surface area contributed by atoms with E-state index in [1.165, 1.54) is 0 Å². The second kappa shape index (κ2) is 7.91. The predicted molar refractivity (Wildman–Crippen MR) is 121 cm³/mol. The molecule has 0 amide bonds. The van der Waals surface area contributed by atoms with E-state index >= 15 is 0 Å². The maximum atomic E-state index is 6.18. The smallest absolute Gasteiger partial charge is 0.185 e. The minimum absolute atomic E-state index is 0.346. The Morgan fingerprint density at radius 3 is 2.28 bits per heavy atom. The first-order chi connectivity index (χ1) is 13.8. The number of hydrogen-bond donors (Lipinski definition) is 0. The molecule has 1 aliphatic heterocycles. The van der Waals surface area contributed by atoms with Crippen molar-refractivity contribution in [2.24, 2.45) is 0 Å². The van der Waals surface area contributed by atoms with Crippen molar-refractivity contribution in [1.82, 2.24) is 0 Å². The summed E-state index contributed by atoms with van der Waals surface area (Å²) in [6.07, 6.45) is -0.358. The average molecular weight is 477 g/mol. The molecule has 29 heavy (non-hydrogen) atoms. The fourth-order valence-electron chi connectivity index (χ4n) is 3.11. The number of halogens is 1. The molecule has 0 radical (unpaired) electrons. The van der Waals surface area contributed by atoms with E-state index in [4.69, 9.17) is 18.9 Å². The van der Waals surface area contributed by atoms with Crippen molar-refractivity contribution < 1.29 is 18.9 Å². The van der Waals surface area contributed by atoms with Gasteiger partial charge in [0.25, 0.3) is 0 Å². The van der Waals surface area contributed by atoms with Gasteiger partial charge < -0.3 is 18.9 Å². The molecule has 1 aliphatic rings. The largest absolute Gasteiger partial charge is 0.493 e. The molecule has 1 saturated heterocycles. The zero-order valence-corrected chi connectivity index (χ0v) is 19.4. The Labute approximate surface area is 183 Å². The highest BCUT2D eigenvalue weighted by atomic mass is 79.9. The van der Waals surface area contributed by atoms with Crippen molar-refractivity contribution in [3.8, 4) is 17.2 Å². The molecule has 154 valence electrons. The molecule has 4 rings (SSSR count). The van der Waals surface area contributed by atoms with E-state index < -0.39 is 0 Å². The molecule has 4 nitrogen and oxygen atoms in total. The Morgan fingerprint density at radius 2 is 1.62 bits per heavy atom. The number of ether oxygens (including phenoxy) is 4. The second-order valence-electron chi connectivity index (χ2n) is 8.05. The summed E-state index contributed by atoms with van der Waals surface area (Å²) in [6.45, 7) is 8.91. The van der Waals surface area contributed by atoms with E-state index in [9.17, 15) is 0 Å². The minimum Gasteiger partial charge on any atom is -0.493 e. The lowest BCUT2D eigenvalue weighted by Gasteiger charge is -2.30. The molecule has 3 aromatic rings. The lowest BCUT2D eigenvalue weighted by atomic mass is 9.90. The Balaban J connectivity index is 1.52. The third-order valence-electron chi connectivity index (χ3n) is 5.49. The Morgan fingerprint density at radius 1 is 0.966 bits per heavy atom. The molecule has 0 saturated carbocycles. The Hall–Kier alpha value is -1.60. The number of benzene rings is 2. The first kappa shape index (κ1) is 20.7. The molecule has 2 aromatic carbocycles. The summed E-state index contributed by atoms with van der Waals surface area (Å²) in [5.41, 5.74) is 0.333. The minimum atomic E-state index is -0.358. The molecule has 2 heterocycles. The van der Waals surface area contributed by atoms with Gasteiger partial charge in [0.2, 0.25) is 0 Å². The van der Waals surface area contributed by atoms with Crippen LogP contribution in [0.1, 0.15) is 39.5 Å². The van der Waals surface area contributed by atoms with Gasteiger partial charge in [-0.2, -0.15) is 0 Å². The topological polar surface area (TPSA) is 36.9 Å². The number of thiophene rings is 1. The van der Waals surface area contributed by atoms with Crippen molar-refractivity contribution in [2.45, 2.75) is 45.2 Å². The lowest BCUT2D eigenvalue weighted by molar-refractivity contribution is -0.0894. The zero-order valence-electron chi connectivity index (χ0n) is 17.0. The molecule has 1 fully saturated rings. The van der Waals surface area contributed by atoms with Gasteiger partial charge in [0.15, 0.2) is 6.29 Å². The predicted octanol–water partition coefficient (Wildman–Crippen LogP) is 7.07. The molecule has 0 unspecified atom stereocenters. The van der Waals surface area contributed by atoms with Crippen LogP contribution in [0.2, 0.25) is 0 Å². The maximum absolute atomic E-state index is 6.18. The van der Waals surface area contributed by atoms with Crippen LogP contribution in [0.15, 0.2) is 47.8 Å². The molecule has 6 heteroatoms. The number of hydrogen-bond acceptors (Lipinski definition) is 5. The van der Waals surface area contributed by atoms with Crippen molar-refractivity contribution in [1.29, 1.82) is 0 Å². The van der Waals surface area contributed by atoms with Gasteiger partial charge in [-0.1, -0.05) is 22.0 Å². The number of fused-ring (bicyclic) bond motifs is 1. The third kappa shape index (κ3) is 4.17. The molecule has 0 N–H and O–H groups in total. The molecule has 0 bridgehead atoms. The number of alkyl halides is 1. The summed E-state index contributed by atoms with van der Waals surface area (Å²) >= 11 is 5.01. The highest BCUT2D eigenvalue weighted by Gasteiger charge is 2.49. The molecular formula is C23H25BrO4S. The van der Waals surface area contributed by atoms with Gasteiger partial charge in [-0.15, -0.1) is 11.3 Å². The maximum Gasteiger partial charge on any atom is 0.185 e. The van der Waals surface area contributed by atoms with E-state index in [-0.39, 0.29) is 17.5 Å². The normalized spacial score (nSPS) is 18.2. The summed E-state index contributed by atoms with van der Waals surface area (Å²) < 4.78 is 25.2. The highest BCUT2D eigenvalue weighted by Crippen LogP contribution is 2.46. The van der Waals surface area contributed by atoms with E-state index in [2.05, 4.69) is 61.8 Å². The summed E-state index contributed by atoms with van der Waals surface area (Å²) in [6, 6.07) is 14.0. The van der Waals surface area contributed by atoms with Crippen LogP contribution in [0.3, 0.4) is 0 Å². The van der Waals surface area contributed by atoms with Crippen molar-refractivity contribution in [3.05, 3.63) is 53.4 Å². The van der Waals surface area contributed by atoms with Crippen molar-refractivity contribution >= 4 is 37.4 Å². The van der Waals surface area contributed by atoms with Crippen molar-refractivity contribution in [2.75, 3.05) is 11.9 Å². The monoisotopic (exact) mass is 476 g/mol. The van der Waals surface area contributed by atoms with Crippen LogP contribution >= 0.6 is 27.3 Å². The summed E-state index contributed by atoms with van der Waals surface area (Å²) in [5, 5.41) is 3.92. The second-order valence-corrected chi connectivity index (χ2v) is 9.76. The van der Waals surface area contributed by atoms with Crippen LogP contribution in [0, 0.1) is 0 Å². The molecule has 0 aliphatic carbocycles. The molecular weight excluding hydrogens is 452 g/mol. The van der Waals surface area contributed by atoms with Gasteiger partial charge in [-0.3, -0.25) is 0 Å². The quantitative estimate of drug-likeness (QED) is 0.356. The van der Waals surface area contributed by atoms with Gasteiger partial charge in [0, 0.05) is 26.4 Å². The van der Waals surface area contributed by atoms with Gasteiger partial charge in [-0.05, 0) is 64.1 Å². The summed E-state index contributed by atoms with van der Waals surface area (Å²) in [7, 11) is 0. The summed E-state index contributed by atoms with van der Waals surface area (Å²) in [5.74, 6) is 2.46. The molecule has 0 atom stereocenters. The van der Waals surface area contributed by atoms with Crippen LogP contribution in [0.5, 0.6) is 17.2 Å². The lowest BCUT2D eigenvalue weighted by Crippen LogP contribution is -2.41. The van der Waals surface area contributed by atoms with Crippen LogP contribution in [0.4, 0.5) is 0 Å². The van der Waals surface area contributed by atoms with Crippen LogP contribution in [-0.4, -0.2) is 23.1 Å². The molecule has 0 spiro atoms. The van der Waals surface area contributed by atoms with E-state index in [0.717, 1.165) is 38.2 Å². The van der Waals surface area contributed by atoms with Gasteiger partial charge in [0.05, 0.1) is 17.8 Å². The van der Waals surface area contributed by atoms with Crippen LogP contribution in [0.25, 0.3) is 10.1 Å². The molecule has 1 aromatic heterocycles. The average Bonchev–Trinajstić information content (AvgIpc) is 3.18. The van der Waals surface area contributed by atoms with E-state index in [0.29, 0.717) is 6.61 Å². The van der Waals surface area contributed by atoms with E-state index in [1.54, 1.807) is 11.3 Å². The van der Waals surface area contributed by atoms with Gasteiger partial charge >= 0.3 is 0 Å². The zero-order chi connectivity index (χ0) is 20.6. The summed E-state index contributed by atoms with van der Waals surface area (Å²) in [4.78, 5) is 0. The SMILES string of the molecule is CC1(C)OC(c2ccc3c(Oc4ccc(OCCBr)cc4)csc3c2)OC1(C)C. The first-order valence-corrected chi connectivity index (χ1v) is 11.6. The van der Waals surface area contributed by atoms with Gasteiger partial charge in [-0.25, -0.2) is 0 Å². The highest BCUT2D eigenvalue weighted by molar-refractivity contribution is 9.09. The Kier molecular flexibility index (Phi) is 5.64. The fourth-order valence-corrected chi connectivity index (χ4v) is 4.18. The number of rotatable bonds is 6. The van der Waals surface area contributed by atoms with Gasteiger partial charge in [0.1, 0.15) is 17.2 Å².